The molecule has 0 bridgehead atoms. The van der Waals surface area contributed by atoms with Crippen LogP contribution in [0.15, 0.2) is 41.3 Å². The van der Waals surface area contributed by atoms with E-state index in [4.69, 9.17) is 0 Å². The second-order valence-corrected chi connectivity index (χ2v) is 8.01. The lowest BCUT2D eigenvalue weighted by atomic mass is 10.0. The molecule has 1 heterocycles. The third-order valence-corrected chi connectivity index (χ3v) is 5.01. The van der Waals surface area contributed by atoms with Crippen LogP contribution in [0.2, 0.25) is 0 Å². The average molecular weight is 398 g/mol. The topological polar surface area (TPSA) is 62.8 Å². The lowest BCUT2D eigenvalue weighted by Crippen LogP contribution is -2.05. The number of aromatic nitrogens is 2. The van der Waals surface area contributed by atoms with E-state index in [9.17, 15) is 26.0 Å². The highest BCUT2D eigenvalue weighted by Gasteiger charge is 2.24. The summed E-state index contributed by atoms with van der Waals surface area (Å²) in [5.74, 6) is -3.29. The van der Waals surface area contributed by atoms with Crippen LogP contribution in [0.4, 0.5) is 17.6 Å². The van der Waals surface area contributed by atoms with Crippen LogP contribution in [0.1, 0.15) is 17.8 Å². The fourth-order valence-electron chi connectivity index (χ4n) is 2.76. The normalized spacial score (nSPS) is 12.0. The van der Waals surface area contributed by atoms with Crippen molar-refractivity contribution >= 4 is 9.84 Å². The van der Waals surface area contributed by atoms with Crippen LogP contribution < -0.4 is 0 Å². The van der Waals surface area contributed by atoms with Gasteiger partial charge in [0.2, 0.25) is 0 Å². The third-order valence-electron chi connectivity index (χ3n) is 3.88. The van der Waals surface area contributed by atoms with Crippen LogP contribution in [-0.4, -0.2) is 24.6 Å². The Hall–Kier alpha value is -2.68. The van der Waals surface area contributed by atoms with E-state index >= 15 is 0 Å². The van der Waals surface area contributed by atoms with Crippen molar-refractivity contribution in [3.05, 3.63) is 59.4 Å². The number of halogens is 4. The minimum Gasteiger partial charge on any atom is -0.337 e. The minimum atomic E-state index is -4.14. The van der Waals surface area contributed by atoms with Crippen molar-refractivity contribution in [3.63, 3.8) is 0 Å². The zero-order valence-electron chi connectivity index (χ0n) is 14.2. The molecule has 0 aliphatic carbocycles. The number of benzene rings is 2. The molecule has 0 amide bonds. The molecule has 2 aromatic carbocycles. The summed E-state index contributed by atoms with van der Waals surface area (Å²) in [4.78, 5) is 5.18. The predicted octanol–water partition coefficient (Wildman–Crippen LogP) is 4.67. The standard InChI is InChI=1S/C18H14F4N2O2S/c1-9-4-3-5-10(6-9)14-15(24-18(23-14)17(21)22)11-7-12(19)16(13(20)8-11)27(2,25)26/h3-8,17H,1-2H3,(H,23,24). The molecule has 1 N–H and O–H groups in total. The van der Waals surface area contributed by atoms with Gasteiger partial charge < -0.3 is 4.98 Å². The van der Waals surface area contributed by atoms with E-state index in [1.165, 1.54) is 0 Å². The van der Waals surface area contributed by atoms with Crippen LogP contribution >= 0.6 is 0 Å². The Labute approximate surface area is 152 Å². The number of aromatic amines is 1. The first kappa shape index (κ1) is 19.1. The van der Waals surface area contributed by atoms with E-state index in [1.54, 1.807) is 31.2 Å². The van der Waals surface area contributed by atoms with Gasteiger partial charge in [0.1, 0.15) is 16.5 Å². The minimum absolute atomic E-state index is 0.103. The van der Waals surface area contributed by atoms with Gasteiger partial charge in [-0.05, 0) is 25.1 Å². The molecule has 0 atom stereocenters. The molecule has 4 nitrogen and oxygen atoms in total. The number of imidazole rings is 1. The lowest BCUT2D eigenvalue weighted by Gasteiger charge is -2.08. The largest absolute Gasteiger partial charge is 0.337 e. The summed E-state index contributed by atoms with van der Waals surface area (Å²) in [5.41, 5.74) is 1.24. The Bertz CT molecular complexity index is 1100. The van der Waals surface area contributed by atoms with Gasteiger partial charge in [-0.25, -0.2) is 31.0 Å². The fraction of sp³-hybridized carbons (Fsp3) is 0.167. The van der Waals surface area contributed by atoms with Crippen molar-refractivity contribution < 1.29 is 26.0 Å². The van der Waals surface area contributed by atoms with Crippen LogP contribution in [0, 0.1) is 18.6 Å². The van der Waals surface area contributed by atoms with Crippen molar-refractivity contribution in [1.82, 2.24) is 9.97 Å². The maximum atomic E-state index is 14.3. The number of hydrogen-bond acceptors (Lipinski definition) is 3. The van der Waals surface area contributed by atoms with E-state index in [2.05, 4.69) is 9.97 Å². The second-order valence-electron chi connectivity index (χ2n) is 6.06. The average Bonchev–Trinajstić information content (AvgIpc) is 2.98. The number of aryl methyl sites for hydroxylation is 1. The molecule has 1 aromatic heterocycles. The van der Waals surface area contributed by atoms with E-state index in [-0.39, 0.29) is 17.0 Å². The number of sulfone groups is 1. The maximum absolute atomic E-state index is 14.3. The van der Waals surface area contributed by atoms with Gasteiger partial charge in [-0.1, -0.05) is 23.8 Å². The van der Waals surface area contributed by atoms with Crippen molar-refractivity contribution in [2.45, 2.75) is 18.2 Å². The van der Waals surface area contributed by atoms with Crippen LogP contribution in [0.25, 0.3) is 22.5 Å². The van der Waals surface area contributed by atoms with Crippen molar-refractivity contribution in [1.29, 1.82) is 0 Å². The molecule has 3 rings (SSSR count). The number of nitrogens with one attached hydrogen (secondary N) is 1. The first-order valence-electron chi connectivity index (χ1n) is 7.72. The Kier molecular flexibility index (Phi) is 4.81. The van der Waals surface area contributed by atoms with Gasteiger partial charge in [0.25, 0.3) is 6.43 Å². The Morgan fingerprint density at radius 3 is 2.19 bits per heavy atom. The third kappa shape index (κ3) is 3.73. The first-order chi connectivity index (χ1) is 12.6. The molecular weight excluding hydrogens is 384 g/mol. The monoisotopic (exact) mass is 398 g/mol. The molecular formula is C18H14F4N2O2S. The van der Waals surface area contributed by atoms with Gasteiger partial charge in [0.05, 0.1) is 11.4 Å². The summed E-state index contributed by atoms with van der Waals surface area (Å²) in [5, 5.41) is 0. The molecule has 9 heteroatoms. The van der Waals surface area contributed by atoms with Crippen LogP contribution in [-0.2, 0) is 9.84 Å². The highest BCUT2D eigenvalue weighted by Crippen LogP contribution is 2.35. The van der Waals surface area contributed by atoms with Gasteiger partial charge in [0.15, 0.2) is 15.7 Å². The number of H-pyrrole nitrogens is 1. The number of rotatable bonds is 4. The highest BCUT2D eigenvalue weighted by molar-refractivity contribution is 7.90. The SMILES string of the molecule is Cc1cccc(-c2[nH]c(C(F)F)nc2-c2cc(F)c(S(C)(=O)=O)c(F)c2)c1. The Balaban J connectivity index is 2.26. The molecule has 0 saturated heterocycles. The molecule has 0 aliphatic heterocycles. The summed E-state index contributed by atoms with van der Waals surface area (Å²) < 4.78 is 77.8. The maximum Gasteiger partial charge on any atom is 0.295 e. The highest BCUT2D eigenvalue weighted by atomic mass is 32.2. The van der Waals surface area contributed by atoms with Crippen molar-refractivity contribution in [2.75, 3.05) is 6.26 Å². The zero-order valence-corrected chi connectivity index (χ0v) is 15.0. The first-order valence-corrected chi connectivity index (χ1v) is 9.61. The molecule has 0 radical (unpaired) electrons. The van der Waals surface area contributed by atoms with E-state index in [0.717, 1.165) is 17.7 Å². The van der Waals surface area contributed by atoms with Gasteiger partial charge in [0, 0.05) is 17.4 Å². The van der Waals surface area contributed by atoms with Gasteiger partial charge in [-0.15, -0.1) is 0 Å². The lowest BCUT2D eigenvalue weighted by molar-refractivity contribution is 0.141. The molecule has 0 saturated carbocycles. The summed E-state index contributed by atoms with van der Waals surface area (Å²) in [7, 11) is -4.14. The van der Waals surface area contributed by atoms with Crippen molar-refractivity contribution in [2.24, 2.45) is 0 Å². The Morgan fingerprint density at radius 1 is 1.04 bits per heavy atom. The van der Waals surface area contributed by atoms with E-state index in [0.29, 0.717) is 11.8 Å². The number of hydrogen-bond donors (Lipinski definition) is 1. The number of alkyl halides is 2. The molecule has 3 aromatic rings. The summed E-state index contributed by atoms with van der Waals surface area (Å²) >= 11 is 0. The van der Waals surface area contributed by atoms with Crippen LogP contribution in [0.5, 0.6) is 0 Å². The Morgan fingerprint density at radius 2 is 1.67 bits per heavy atom. The van der Waals surface area contributed by atoms with Crippen LogP contribution in [0.3, 0.4) is 0 Å². The smallest absolute Gasteiger partial charge is 0.295 e. The molecule has 27 heavy (non-hydrogen) atoms. The summed E-state index contributed by atoms with van der Waals surface area (Å²) in [6.07, 6.45) is -2.25. The van der Waals surface area contributed by atoms with Crippen molar-refractivity contribution in [3.8, 4) is 22.5 Å². The van der Waals surface area contributed by atoms with Gasteiger partial charge in [-0.3, -0.25) is 0 Å². The molecule has 142 valence electrons. The predicted molar refractivity (Wildman–Crippen MR) is 92.2 cm³/mol. The molecule has 0 aliphatic rings. The molecule has 0 fully saturated rings. The summed E-state index contributed by atoms with van der Waals surface area (Å²) in [6, 6.07) is 8.37. The fourth-order valence-corrected chi connectivity index (χ4v) is 3.59. The number of nitrogens with zero attached hydrogens (tertiary/aromatic N) is 1. The zero-order chi connectivity index (χ0) is 19.9. The van der Waals surface area contributed by atoms with Gasteiger partial charge >= 0.3 is 0 Å². The molecule has 0 spiro atoms. The molecule has 0 unspecified atom stereocenters. The second kappa shape index (κ2) is 6.80. The quantitative estimate of drug-likeness (QED) is 0.650. The van der Waals surface area contributed by atoms with E-state index in [1.807, 2.05) is 0 Å². The van der Waals surface area contributed by atoms with Gasteiger partial charge in [-0.2, -0.15) is 0 Å². The van der Waals surface area contributed by atoms with E-state index < -0.39 is 38.6 Å². The summed E-state index contributed by atoms with van der Waals surface area (Å²) in [6.45, 7) is 1.80.